The summed E-state index contributed by atoms with van der Waals surface area (Å²) >= 11 is 0. The second-order valence-electron chi connectivity index (χ2n) is 3.90. The van der Waals surface area contributed by atoms with Gasteiger partial charge in [-0.3, -0.25) is 9.48 Å². The molecule has 1 atom stereocenters. The van der Waals surface area contributed by atoms with Crippen LogP contribution in [0.4, 0.5) is 0 Å². The molecule has 0 aliphatic rings. The van der Waals surface area contributed by atoms with Crippen LogP contribution in [0.1, 0.15) is 30.3 Å². The molecular weight excluding hydrogens is 222 g/mol. The number of hydrogen-bond acceptors (Lipinski definition) is 5. The number of aliphatic hydroxyl groups is 1. The predicted octanol–water partition coefficient (Wildman–Crippen LogP) is -0.872. The smallest absolute Gasteiger partial charge is 0.273 e. The zero-order chi connectivity index (χ0) is 12.7. The zero-order valence-corrected chi connectivity index (χ0v) is 9.96. The first-order chi connectivity index (χ1) is 8.13. The summed E-state index contributed by atoms with van der Waals surface area (Å²) < 4.78 is 1.53. The van der Waals surface area contributed by atoms with E-state index in [0.717, 1.165) is 6.42 Å². The van der Waals surface area contributed by atoms with E-state index in [1.54, 1.807) is 13.1 Å². The van der Waals surface area contributed by atoms with Crippen molar-refractivity contribution in [1.82, 2.24) is 20.3 Å². The van der Waals surface area contributed by atoms with Crippen molar-refractivity contribution in [3.63, 3.8) is 0 Å². The molecule has 0 aliphatic carbocycles. The van der Waals surface area contributed by atoms with Gasteiger partial charge in [-0.05, 0) is 19.8 Å². The minimum Gasteiger partial charge on any atom is -0.393 e. The first kappa shape index (κ1) is 13.6. The maximum Gasteiger partial charge on any atom is 0.273 e. The first-order valence-corrected chi connectivity index (χ1v) is 5.70. The van der Waals surface area contributed by atoms with Crippen LogP contribution < -0.4 is 11.1 Å². The van der Waals surface area contributed by atoms with E-state index in [1.807, 2.05) is 0 Å². The molecule has 1 aromatic heterocycles. The lowest BCUT2D eigenvalue weighted by atomic mass is 10.2. The van der Waals surface area contributed by atoms with Crippen LogP contribution in [-0.2, 0) is 6.54 Å². The van der Waals surface area contributed by atoms with Crippen molar-refractivity contribution in [1.29, 1.82) is 0 Å². The summed E-state index contributed by atoms with van der Waals surface area (Å²) in [4.78, 5) is 11.6. The molecule has 1 aromatic rings. The molecule has 1 rings (SSSR count). The fourth-order valence-corrected chi connectivity index (χ4v) is 1.33. The fraction of sp³-hybridized carbons (Fsp3) is 0.700. The molecule has 0 saturated heterocycles. The Morgan fingerprint density at radius 3 is 3.12 bits per heavy atom. The van der Waals surface area contributed by atoms with E-state index in [2.05, 4.69) is 15.6 Å². The second-order valence-corrected chi connectivity index (χ2v) is 3.90. The first-order valence-electron chi connectivity index (χ1n) is 5.70. The molecule has 1 heterocycles. The normalized spacial score (nSPS) is 12.4. The summed E-state index contributed by atoms with van der Waals surface area (Å²) in [5, 5.41) is 19.3. The zero-order valence-electron chi connectivity index (χ0n) is 9.96. The molecule has 4 N–H and O–H groups in total. The van der Waals surface area contributed by atoms with Crippen molar-refractivity contribution in [2.45, 2.75) is 32.4 Å². The molecule has 1 amide bonds. The molecule has 0 fully saturated rings. The summed E-state index contributed by atoms with van der Waals surface area (Å²) in [5.41, 5.74) is 5.65. The lowest BCUT2D eigenvalue weighted by Gasteiger charge is -2.04. The van der Waals surface area contributed by atoms with Gasteiger partial charge < -0.3 is 16.2 Å². The van der Waals surface area contributed by atoms with Crippen molar-refractivity contribution >= 4 is 5.91 Å². The Balaban J connectivity index is 2.31. The van der Waals surface area contributed by atoms with Crippen LogP contribution in [0.2, 0.25) is 0 Å². The van der Waals surface area contributed by atoms with E-state index < -0.39 is 0 Å². The number of carbonyl (C=O) groups is 1. The maximum atomic E-state index is 11.6. The van der Waals surface area contributed by atoms with Gasteiger partial charge in [-0.15, -0.1) is 5.10 Å². The van der Waals surface area contributed by atoms with E-state index in [0.29, 0.717) is 26.1 Å². The molecule has 0 saturated carbocycles. The average Bonchev–Trinajstić information content (AvgIpc) is 2.73. The van der Waals surface area contributed by atoms with Gasteiger partial charge in [0, 0.05) is 13.1 Å². The number of nitrogens with two attached hydrogens (primary N) is 1. The van der Waals surface area contributed by atoms with Crippen LogP contribution >= 0.6 is 0 Å². The van der Waals surface area contributed by atoms with Gasteiger partial charge in [0.05, 0.1) is 18.8 Å². The summed E-state index contributed by atoms with van der Waals surface area (Å²) in [6.07, 6.45) is 2.63. The highest BCUT2D eigenvalue weighted by atomic mass is 16.3. The van der Waals surface area contributed by atoms with Crippen LogP contribution in [0.25, 0.3) is 0 Å². The van der Waals surface area contributed by atoms with Crippen molar-refractivity contribution < 1.29 is 9.90 Å². The molecule has 7 nitrogen and oxygen atoms in total. The van der Waals surface area contributed by atoms with E-state index in [9.17, 15) is 4.79 Å². The Hall–Kier alpha value is -1.47. The van der Waals surface area contributed by atoms with Crippen LogP contribution in [-0.4, -0.2) is 45.2 Å². The lowest BCUT2D eigenvalue weighted by molar-refractivity contribution is 0.0944. The van der Waals surface area contributed by atoms with E-state index in [1.165, 1.54) is 4.68 Å². The number of aromatic nitrogens is 3. The highest BCUT2D eigenvalue weighted by Crippen LogP contribution is 1.96. The lowest BCUT2D eigenvalue weighted by Crippen LogP contribution is -2.25. The summed E-state index contributed by atoms with van der Waals surface area (Å²) in [7, 11) is 0. The quantitative estimate of drug-likeness (QED) is 0.538. The highest BCUT2D eigenvalue weighted by Gasteiger charge is 2.09. The van der Waals surface area contributed by atoms with Gasteiger partial charge in [0.1, 0.15) is 0 Å². The van der Waals surface area contributed by atoms with Crippen LogP contribution in [0.15, 0.2) is 6.20 Å². The second kappa shape index (κ2) is 6.97. The number of aliphatic hydroxyl groups excluding tert-OH is 1. The Morgan fingerprint density at radius 2 is 2.47 bits per heavy atom. The van der Waals surface area contributed by atoms with Gasteiger partial charge in [-0.25, -0.2) is 0 Å². The highest BCUT2D eigenvalue weighted by molar-refractivity contribution is 5.91. The molecule has 0 bridgehead atoms. The van der Waals surface area contributed by atoms with Crippen molar-refractivity contribution in [3.05, 3.63) is 11.9 Å². The third-order valence-electron chi connectivity index (χ3n) is 2.21. The van der Waals surface area contributed by atoms with Gasteiger partial charge in [-0.1, -0.05) is 5.21 Å². The Morgan fingerprint density at radius 1 is 1.71 bits per heavy atom. The van der Waals surface area contributed by atoms with Gasteiger partial charge in [0.15, 0.2) is 5.69 Å². The summed E-state index contributed by atoms with van der Waals surface area (Å²) in [5.74, 6) is -0.251. The molecule has 0 aromatic carbocycles. The van der Waals surface area contributed by atoms with Crippen LogP contribution in [0, 0.1) is 0 Å². The molecule has 17 heavy (non-hydrogen) atoms. The fourth-order valence-electron chi connectivity index (χ4n) is 1.33. The number of nitrogens with one attached hydrogen (secondary N) is 1. The predicted molar refractivity (Wildman–Crippen MR) is 62.3 cm³/mol. The number of carbonyl (C=O) groups excluding carboxylic acids is 1. The largest absolute Gasteiger partial charge is 0.393 e. The number of amides is 1. The molecule has 1 unspecified atom stereocenters. The summed E-state index contributed by atoms with van der Waals surface area (Å²) in [6, 6.07) is 0. The SMILES string of the molecule is CC(O)CCCNC(=O)c1cn(CCN)nn1. The third kappa shape index (κ3) is 4.92. The number of rotatable bonds is 7. The van der Waals surface area contributed by atoms with Crippen molar-refractivity contribution in [2.75, 3.05) is 13.1 Å². The van der Waals surface area contributed by atoms with E-state index in [-0.39, 0.29) is 17.7 Å². The van der Waals surface area contributed by atoms with Crippen molar-refractivity contribution in [2.24, 2.45) is 5.73 Å². The third-order valence-corrected chi connectivity index (χ3v) is 2.21. The van der Waals surface area contributed by atoms with Gasteiger partial charge in [0.2, 0.25) is 0 Å². The molecular formula is C10H19N5O2. The van der Waals surface area contributed by atoms with Crippen LogP contribution in [0.5, 0.6) is 0 Å². The molecule has 0 aliphatic heterocycles. The van der Waals surface area contributed by atoms with Gasteiger partial charge >= 0.3 is 0 Å². The standard InChI is InChI=1S/C10H19N5O2/c1-8(16)3-2-5-12-10(17)9-7-15(6-4-11)14-13-9/h7-8,16H,2-6,11H2,1H3,(H,12,17). The average molecular weight is 241 g/mol. The van der Waals surface area contributed by atoms with E-state index in [4.69, 9.17) is 10.8 Å². The Kier molecular flexibility index (Phi) is 5.58. The van der Waals surface area contributed by atoms with Crippen molar-refractivity contribution in [3.8, 4) is 0 Å². The van der Waals surface area contributed by atoms with Gasteiger partial charge in [-0.2, -0.15) is 0 Å². The van der Waals surface area contributed by atoms with Gasteiger partial charge in [0.25, 0.3) is 5.91 Å². The molecule has 7 heteroatoms. The number of hydrogen-bond donors (Lipinski definition) is 3. The maximum absolute atomic E-state index is 11.6. The Bertz CT molecular complexity index is 350. The minimum absolute atomic E-state index is 0.251. The monoisotopic (exact) mass is 241 g/mol. The molecule has 0 spiro atoms. The topological polar surface area (TPSA) is 106 Å². The molecule has 0 radical (unpaired) electrons. The van der Waals surface area contributed by atoms with Crippen LogP contribution in [0.3, 0.4) is 0 Å². The molecule has 96 valence electrons. The Labute approximate surface area is 100.0 Å². The minimum atomic E-state index is -0.336. The number of nitrogens with zero attached hydrogens (tertiary/aromatic N) is 3. The summed E-state index contributed by atoms with van der Waals surface area (Å²) in [6.45, 7) is 3.24. The van der Waals surface area contributed by atoms with E-state index >= 15 is 0 Å².